The van der Waals surface area contributed by atoms with Crippen molar-refractivity contribution in [2.75, 3.05) is 6.61 Å². The van der Waals surface area contributed by atoms with Crippen LogP contribution in [0.5, 0.6) is 0 Å². The van der Waals surface area contributed by atoms with Gasteiger partial charge in [-0.25, -0.2) is 0 Å². The molecule has 0 spiro atoms. The topological polar surface area (TPSA) is 9.23 Å². The van der Waals surface area contributed by atoms with E-state index in [2.05, 4.69) is 98.8 Å². The molecule has 4 rings (SSSR count). The Hall–Kier alpha value is -2.64. The van der Waals surface area contributed by atoms with Gasteiger partial charge in [-0.1, -0.05) is 91.9 Å². The van der Waals surface area contributed by atoms with Crippen molar-refractivity contribution in [2.24, 2.45) is 5.92 Å². The van der Waals surface area contributed by atoms with Crippen molar-refractivity contribution < 1.29 is 4.74 Å². The third-order valence-corrected chi connectivity index (χ3v) is 7.33. The van der Waals surface area contributed by atoms with E-state index < -0.39 is 0 Å². The molecular weight excluding hydrogens is 412 g/mol. The lowest BCUT2D eigenvalue weighted by Crippen LogP contribution is -2.13. The van der Waals surface area contributed by atoms with Crippen molar-refractivity contribution in [3.63, 3.8) is 0 Å². The second kappa shape index (κ2) is 12.7. The van der Waals surface area contributed by atoms with Crippen LogP contribution in [0.1, 0.15) is 75.8 Å². The lowest BCUT2D eigenvalue weighted by Gasteiger charge is -2.28. The molecule has 0 aliphatic heterocycles. The van der Waals surface area contributed by atoms with Gasteiger partial charge in [-0.15, -0.1) is 0 Å². The molecule has 0 heterocycles. The predicted octanol–water partition coefficient (Wildman–Crippen LogP) is 9.58. The van der Waals surface area contributed by atoms with Crippen LogP contribution in [-0.4, -0.2) is 6.61 Å². The normalized spacial score (nSPS) is 18.4. The number of hydrogen-bond donors (Lipinski definition) is 0. The molecule has 0 atom stereocenters. The van der Waals surface area contributed by atoms with Crippen LogP contribution in [0, 0.1) is 5.92 Å². The summed E-state index contributed by atoms with van der Waals surface area (Å²) in [5.74, 6) is 1.67. The first-order valence-electron chi connectivity index (χ1n) is 13.3. The molecule has 0 N–H and O–H groups in total. The molecule has 0 bridgehead atoms. The summed E-state index contributed by atoms with van der Waals surface area (Å²) >= 11 is 0. The highest BCUT2D eigenvalue weighted by molar-refractivity contribution is 5.70. The molecule has 1 nitrogen and oxygen atoms in total. The van der Waals surface area contributed by atoms with E-state index in [9.17, 15) is 0 Å². The van der Waals surface area contributed by atoms with Gasteiger partial charge in [0, 0.05) is 6.61 Å². The second-order valence-electron chi connectivity index (χ2n) is 9.81. The van der Waals surface area contributed by atoms with Gasteiger partial charge in [-0.2, -0.15) is 0 Å². The summed E-state index contributed by atoms with van der Waals surface area (Å²) in [4.78, 5) is 0. The summed E-state index contributed by atoms with van der Waals surface area (Å²) in [5, 5.41) is 0. The zero-order chi connectivity index (χ0) is 23.6. The maximum Gasteiger partial charge on any atom is 0.0716 e. The molecule has 0 aromatic heterocycles. The summed E-state index contributed by atoms with van der Waals surface area (Å²) in [6.45, 7) is 5.78. The number of allylic oxidation sites excluding steroid dienone is 2. The zero-order valence-electron chi connectivity index (χ0n) is 21.0. The average Bonchev–Trinajstić information content (AvgIpc) is 2.90. The molecule has 1 heteroatoms. The molecule has 0 saturated heterocycles. The second-order valence-corrected chi connectivity index (χ2v) is 9.81. The van der Waals surface area contributed by atoms with Crippen molar-refractivity contribution >= 4 is 0 Å². The lowest BCUT2D eigenvalue weighted by molar-refractivity contribution is 0.121. The van der Waals surface area contributed by atoms with Gasteiger partial charge in [0.1, 0.15) is 0 Å². The summed E-state index contributed by atoms with van der Waals surface area (Å²) < 4.78 is 5.65. The predicted molar refractivity (Wildman–Crippen MR) is 146 cm³/mol. The fourth-order valence-corrected chi connectivity index (χ4v) is 5.21. The Morgan fingerprint density at radius 2 is 1.26 bits per heavy atom. The van der Waals surface area contributed by atoms with Gasteiger partial charge >= 0.3 is 0 Å². The van der Waals surface area contributed by atoms with Gasteiger partial charge < -0.3 is 4.74 Å². The van der Waals surface area contributed by atoms with Gasteiger partial charge in [0.05, 0.1) is 6.61 Å². The van der Waals surface area contributed by atoms with Crippen LogP contribution in [0.4, 0.5) is 0 Å². The van der Waals surface area contributed by atoms with Crippen molar-refractivity contribution in [3.05, 3.63) is 96.1 Å². The SMILES string of the molecule is CC=CCCC1CCC(c2ccc(-c3ccc(-c4ccc(COCCC)cc4)cc3)cc2)CC1. The Labute approximate surface area is 206 Å². The highest BCUT2D eigenvalue weighted by atomic mass is 16.5. The fraction of sp³-hybridized carbons (Fsp3) is 0.394. The zero-order valence-corrected chi connectivity index (χ0v) is 21.0. The molecule has 0 radical (unpaired) electrons. The first-order valence-corrected chi connectivity index (χ1v) is 13.3. The molecule has 34 heavy (non-hydrogen) atoms. The van der Waals surface area contributed by atoms with E-state index in [0.717, 1.165) is 24.9 Å². The Morgan fingerprint density at radius 3 is 1.79 bits per heavy atom. The van der Waals surface area contributed by atoms with E-state index in [-0.39, 0.29) is 0 Å². The van der Waals surface area contributed by atoms with Crippen molar-refractivity contribution in [2.45, 2.75) is 71.3 Å². The Bertz CT molecular complexity index is 1000. The molecule has 3 aromatic rings. The number of rotatable bonds is 10. The fourth-order valence-electron chi connectivity index (χ4n) is 5.21. The quantitative estimate of drug-likeness (QED) is 0.220. The highest BCUT2D eigenvalue weighted by Gasteiger charge is 2.21. The maximum absolute atomic E-state index is 5.65. The maximum atomic E-state index is 5.65. The van der Waals surface area contributed by atoms with Gasteiger partial charge in [0.25, 0.3) is 0 Å². The summed E-state index contributed by atoms with van der Waals surface area (Å²) in [5.41, 5.74) is 7.85. The first-order chi connectivity index (χ1) is 16.8. The summed E-state index contributed by atoms with van der Waals surface area (Å²) in [7, 11) is 0. The molecule has 0 amide bonds. The van der Waals surface area contributed by atoms with E-state index in [1.807, 2.05) is 0 Å². The molecule has 0 unspecified atom stereocenters. The largest absolute Gasteiger partial charge is 0.377 e. The van der Waals surface area contributed by atoms with Crippen molar-refractivity contribution in [3.8, 4) is 22.3 Å². The molecular formula is C33H40O. The van der Waals surface area contributed by atoms with Crippen molar-refractivity contribution in [1.82, 2.24) is 0 Å². The minimum Gasteiger partial charge on any atom is -0.377 e. The minimum absolute atomic E-state index is 0.695. The lowest BCUT2D eigenvalue weighted by atomic mass is 9.77. The third kappa shape index (κ3) is 6.70. The minimum atomic E-state index is 0.695. The molecule has 1 saturated carbocycles. The molecule has 1 fully saturated rings. The molecule has 178 valence electrons. The first kappa shape index (κ1) is 24.5. The third-order valence-electron chi connectivity index (χ3n) is 7.33. The van der Waals surface area contributed by atoms with Crippen LogP contribution in [0.25, 0.3) is 22.3 Å². The summed E-state index contributed by atoms with van der Waals surface area (Å²) in [6.07, 6.45) is 13.6. The standard InChI is InChI=1S/C33H40O/c1-3-5-6-7-26-8-12-28(13-9-26)30-16-20-32(21-17-30)33-22-18-31(19-23-33)29-14-10-27(11-15-29)25-34-24-4-2/h3,5,10-11,14-23,26,28H,4,6-9,12-13,24-25H2,1-2H3. The Balaban J connectivity index is 1.33. The van der Waals surface area contributed by atoms with Crippen LogP contribution < -0.4 is 0 Å². The van der Waals surface area contributed by atoms with E-state index in [1.165, 1.54) is 71.9 Å². The molecule has 1 aliphatic rings. The number of hydrogen-bond acceptors (Lipinski definition) is 1. The monoisotopic (exact) mass is 452 g/mol. The average molecular weight is 453 g/mol. The van der Waals surface area contributed by atoms with Gasteiger partial charge in [-0.05, 0) is 97.1 Å². The van der Waals surface area contributed by atoms with Crippen LogP contribution in [0.3, 0.4) is 0 Å². The Kier molecular flexibility index (Phi) is 9.16. The van der Waals surface area contributed by atoms with E-state index in [0.29, 0.717) is 6.61 Å². The van der Waals surface area contributed by atoms with Gasteiger partial charge in [0.15, 0.2) is 0 Å². The summed E-state index contributed by atoms with van der Waals surface area (Å²) in [6, 6.07) is 27.1. The van der Waals surface area contributed by atoms with Gasteiger partial charge in [-0.3, -0.25) is 0 Å². The van der Waals surface area contributed by atoms with E-state index in [1.54, 1.807) is 0 Å². The van der Waals surface area contributed by atoms with Gasteiger partial charge in [0.2, 0.25) is 0 Å². The van der Waals surface area contributed by atoms with Crippen molar-refractivity contribution in [1.29, 1.82) is 0 Å². The molecule has 1 aliphatic carbocycles. The number of ether oxygens (including phenoxy) is 1. The molecule has 3 aromatic carbocycles. The van der Waals surface area contributed by atoms with Crippen LogP contribution >= 0.6 is 0 Å². The Morgan fingerprint density at radius 1 is 0.735 bits per heavy atom. The number of benzene rings is 3. The van der Waals surface area contributed by atoms with E-state index >= 15 is 0 Å². The van der Waals surface area contributed by atoms with Crippen LogP contribution in [0.2, 0.25) is 0 Å². The highest BCUT2D eigenvalue weighted by Crippen LogP contribution is 2.38. The van der Waals surface area contributed by atoms with E-state index in [4.69, 9.17) is 4.74 Å². The van der Waals surface area contributed by atoms with Crippen LogP contribution in [0.15, 0.2) is 84.9 Å². The van der Waals surface area contributed by atoms with Crippen LogP contribution in [-0.2, 0) is 11.3 Å². The smallest absolute Gasteiger partial charge is 0.0716 e.